The maximum atomic E-state index is 12.9. The van der Waals surface area contributed by atoms with Crippen LogP contribution in [0.2, 0.25) is 10.0 Å². The maximum Gasteiger partial charge on any atom is 0.421 e. The van der Waals surface area contributed by atoms with Crippen molar-refractivity contribution in [3.8, 4) is 0 Å². The summed E-state index contributed by atoms with van der Waals surface area (Å²) in [7, 11) is 0. The fraction of sp³-hybridized carbons (Fsp3) is 0.231. The summed E-state index contributed by atoms with van der Waals surface area (Å²) in [6.45, 7) is 0.309. The van der Waals surface area contributed by atoms with Crippen LogP contribution in [0.1, 0.15) is 5.56 Å². The lowest BCUT2D eigenvalue weighted by Gasteiger charge is -2.14. The van der Waals surface area contributed by atoms with E-state index >= 15 is 0 Å². The average Bonchev–Trinajstić information content (AvgIpc) is 2.48. The van der Waals surface area contributed by atoms with Gasteiger partial charge in [0.25, 0.3) is 0 Å². The number of halogens is 5. The molecule has 1 aromatic carbocycles. The Balaban J connectivity index is 2.30. The van der Waals surface area contributed by atoms with Crippen LogP contribution >= 0.6 is 23.2 Å². The van der Waals surface area contributed by atoms with Crippen LogP contribution in [0.15, 0.2) is 24.4 Å². The Morgan fingerprint density at radius 2 is 1.91 bits per heavy atom. The molecule has 0 radical (unpaired) electrons. The quantitative estimate of drug-likeness (QED) is 0.748. The second kappa shape index (κ2) is 7.20. The van der Waals surface area contributed by atoms with Crippen LogP contribution in [0.5, 0.6) is 0 Å². The van der Waals surface area contributed by atoms with E-state index in [2.05, 4.69) is 20.6 Å². The second-order valence-electron chi connectivity index (χ2n) is 4.42. The first-order chi connectivity index (χ1) is 10.8. The molecule has 4 N–H and O–H groups in total. The average molecular weight is 366 g/mol. The van der Waals surface area contributed by atoms with Crippen molar-refractivity contribution in [2.24, 2.45) is 5.73 Å². The van der Waals surface area contributed by atoms with Crippen molar-refractivity contribution in [2.75, 3.05) is 23.7 Å². The highest BCUT2D eigenvalue weighted by Crippen LogP contribution is 2.34. The highest BCUT2D eigenvalue weighted by Gasteiger charge is 2.35. The monoisotopic (exact) mass is 365 g/mol. The lowest BCUT2D eigenvalue weighted by Crippen LogP contribution is -2.19. The van der Waals surface area contributed by atoms with E-state index in [1.54, 1.807) is 12.1 Å². The third-order valence-electron chi connectivity index (χ3n) is 2.71. The molecule has 0 unspecified atom stereocenters. The van der Waals surface area contributed by atoms with Crippen LogP contribution in [0, 0.1) is 0 Å². The van der Waals surface area contributed by atoms with Crippen molar-refractivity contribution in [1.29, 1.82) is 0 Å². The van der Waals surface area contributed by atoms with Crippen LogP contribution in [-0.4, -0.2) is 23.1 Å². The Hall–Kier alpha value is -1.77. The minimum atomic E-state index is -4.57. The molecule has 0 spiro atoms. The first-order valence-electron chi connectivity index (χ1n) is 6.41. The topological polar surface area (TPSA) is 75.9 Å². The number of anilines is 3. The van der Waals surface area contributed by atoms with Gasteiger partial charge in [-0.15, -0.1) is 0 Å². The van der Waals surface area contributed by atoms with E-state index in [0.29, 0.717) is 21.9 Å². The second-order valence-corrected chi connectivity index (χ2v) is 5.24. The fourth-order valence-corrected chi connectivity index (χ4v) is 1.98. The number of benzene rings is 1. The predicted octanol–water partition coefficient (Wildman–Crippen LogP) is 3.92. The summed E-state index contributed by atoms with van der Waals surface area (Å²) in [6, 6.07) is 4.66. The van der Waals surface area contributed by atoms with E-state index in [1.807, 2.05) is 0 Å². The van der Waals surface area contributed by atoms with Crippen LogP contribution in [-0.2, 0) is 6.18 Å². The Bertz CT molecular complexity index is 694. The molecule has 0 fully saturated rings. The van der Waals surface area contributed by atoms with E-state index in [1.165, 1.54) is 6.07 Å². The Morgan fingerprint density at radius 3 is 2.52 bits per heavy atom. The summed E-state index contributed by atoms with van der Waals surface area (Å²) in [5.74, 6) is -0.364. The van der Waals surface area contributed by atoms with Crippen molar-refractivity contribution < 1.29 is 13.2 Å². The number of alkyl halides is 3. The predicted molar refractivity (Wildman–Crippen MR) is 84.3 cm³/mol. The molecule has 0 aliphatic rings. The third-order valence-corrected chi connectivity index (χ3v) is 3.45. The summed E-state index contributed by atoms with van der Waals surface area (Å²) in [5, 5.41) is 5.95. The number of aromatic nitrogens is 2. The molecule has 0 aliphatic carbocycles. The zero-order valence-corrected chi connectivity index (χ0v) is 13.1. The van der Waals surface area contributed by atoms with Gasteiger partial charge in [-0.2, -0.15) is 18.2 Å². The van der Waals surface area contributed by atoms with Gasteiger partial charge in [0.2, 0.25) is 5.95 Å². The van der Waals surface area contributed by atoms with Crippen LogP contribution in [0.3, 0.4) is 0 Å². The van der Waals surface area contributed by atoms with Crippen molar-refractivity contribution in [3.05, 3.63) is 40.0 Å². The molecule has 1 aromatic heterocycles. The standard InChI is InChI=1S/C13H12Cl2F3N5/c14-9-2-1-7(5-10(9)15)22-12-21-6-8(13(16,17)18)11(23-12)20-4-3-19/h1-2,5-6H,3-4,19H2,(H2,20,21,22,23). The number of nitrogens with two attached hydrogens (primary N) is 1. The van der Waals surface area contributed by atoms with Gasteiger partial charge in [0.1, 0.15) is 11.4 Å². The number of rotatable bonds is 5. The highest BCUT2D eigenvalue weighted by molar-refractivity contribution is 6.42. The van der Waals surface area contributed by atoms with E-state index < -0.39 is 11.7 Å². The van der Waals surface area contributed by atoms with Gasteiger partial charge in [0, 0.05) is 25.0 Å². The molecule has 0 amide bonds. The molecule has 0 bridgehead atoms. The van der Waals surface area contributed by atoms with E-state index in [9.17, 15) is 13.2 Å². The number of hydrogen-bond donors (Lipinski definition) is 3. The van der Waals surface area contributed by atoms with E-state index in [-0.39, 0.29) is 24.9 Å². The van der Waals surface area contributed by atoms with Crippen molar-refractivity contribution in [1.82, 2.24) is 9.97 Å². The molecule has 0 atom stereocenters. The van der Waals surface area contributed by atoms with Crippen LogP contribution in [0.4, 0.5) is 30.6 Å². The summed E-state index contributed by atoms with van der Waals surface area (Å²) in [5.41, 5.74) is 4.82. The zero-order chi connectivity index (χ0) is 17.0. The first-order valence-corrected chi connectivity index (χ1v) is 7.17. The van der Waals surface area contributed by atoms with Gasteiger partial charge in [0.05, 0.1) is 10.0 Å². The minimum Gasteiger partial charge on any atom is -0.368 e. The van der Waals surface area contributed by atoms with Gasteiger partial charge in [-0.3, -0.25) is 0 Å². The molecule has 0 saturated heterocycles. The Labute approximate surface area is 140 Å². The van der Waals surface area contributed by atoms with Gasteiger partial charge >= 0.3 is 6.18 Å². The first kappa shape index (κ1) is 17.6. The third kappa shape index (κ3) is 4.60. The Kier molecular flexibility index (Phi) is 5.51. The molecule has 1 heterocycles. The zero-order valence-electron chi connectivity index (χ0n) is 11.6. The van der Waals surface area contributed by atoms with Crippen molar-refractivity contribution >= 4 is 40.7 Å². The van der Waals surface area contributed by atoms with E-state index in [4.69, 9.17) is 28.9 Å². The van der Waals surface area contributed by atoms with E-state index in [0.717, 1.165) is 0 Å². The van der Waals surface area contributed by atoms with Gasteiger partial charge in [-0.05, 0) is 18.2 Å². The van der Waals surface area contributed by atoms with Gasteiger partial charge in [0.15, 0.2) is 0 Å². The normalized spacial score (nSPS) is 11.4. The van der Waals surface area contributed by atoms with Gasteiger partial charge < -0.3 is 16.4 Å². The lowest BCUT2D eigenvalue weighted by atomic mass is 10.3. The number of hydrogen-bond acceptors (Lipinski definition) is 5. The molecule has 2 rings (SSSR count). The largest absolute Gasteiger partial charge is 0.421 e. The maximum absolute atomic E-state index is 12.9. The van der Waals surface area contributed by atoms with Crippen LogP contribution in [0.25, 0.3) is 0 Å². The van der Waals surface area contributed by atoms with Crippen molar-refractivity contribution in [3.63, 3.8) is 0 Å². The summed E-state index contributed by atoms with van der Waals surface area (Å²) < 4.78 is 38.8. The molecule has 0 aliphatic heterocycles. The SMILES string of the molecule is NCCNc1nc(Nc2ccc(Cl)c(Cl)c2)ncc1C(F)(F)F. The summed E-state index contributed by atoms with van der Waals surface area (Å²) in [6.07, 6.45) is -3.87. The molecule has 5 nitrogen and oxygen atoms in total. The molecule has 0 saturated carbocycles. The molecule has 124 valence electrons. The van der Waals surface area contributed by atoms with Gasteiger partial charge in [-0.25, -0.2) is 4.98 Å². The summed E-state index contributed by atoms with van der Waals surface area (Å²) >= 11 is 11.7. The van der Waals surface area contributed by atoms with Crippen molar-refractivity contribution in [2.45, 2.75) is 6.18 Å². The number of nitrogens with one attached hydrogen (secondary N) is 2. The number of nitrogens with zero attached hydrogens (tertiary/aromatic N) is 2. The summed E-state index contributed by atoms with van der Waals surface area (Å²) in [4.78, 5) is 7.51. The molecule has 23 heavy (non-hydrogen) atoms. The lowest BCUT2D eigenvalue weighted by molar-refractivity contribution is -0.137. The van der Waals surface area contributed by atoms with Gasteiger partial charge in [-0.1, -0.05) is 23.2 Å². The minimum absolute atomic E-state index is 0.0177. The highest BCUT2D eigenvalue weighted by atomic mass is 35.5. The van der Waals surface area contributed by atoms with Crippen LogP contribution < -0.4 is 16.4 Å². The smallest absolute Gasteiger partial charge is 0.368 e. The molecule has 10 heteroatoms. The molecule has 2 aromatic rings. The fourth-order valence-electron chi connectivity index (χ4n) is 1.68. The Morgan fingerprint density at radius 1 is 1.17 bits per heavy atom. The molecular weight excluding hydrogens is 354 g/mol. The molecular formula is C13H12Cl2F3N5.